The zero-order valence-electron chi connectivity index (χ0n) is 9.73. The maximum atomic E-state index is 11.7. The molecule has 5 heteroatoms. The molecule has 0 unspecified atom stereocenters. The Morgan fingerprint density at radius 2 is 2.06 bits per heavy atom. The van der Waals surface area contributed by atoms with E-state index in [9.17, 15) is 14.7 Å². The van der Waals surface area contributed by atoms with Crippen molar-refractivity contribution in [1.82, 2.24) is 5.32 Å². The van der Waals surface area contributed by atoms with Gasteiger partial charge in [-0.05, 0) is 24.8 Å². The van der Waals surface area contributed by atoms with Crippen LogP contribution in [0.3, 0.4) is 0 Å². The average Bonchev–Trinajstić information content (AvgIpc) is 3.10. The summed E-state index contributed by atoms with van der Waals surface area (Å²) in [5, 5.41) is 12.0. The quantitative estimate of drug-likeness (QED) is 0.861. The largest absolute Gasteiger partial charge is 0.479 e. The lowest BCUT2D eigenvalue weighted by molar-refractivity contribution is -0.142. The summed E-state index contributed by atoms with van der Waals surface area (Å²) in [6, 6.07) is 5.56. The summed E-state index contributed by atoms with van der Waals surface area (Å²) < 4.78 is 0. The first kappa shape index (κ1) is 12.9. The van der Waals surface area contributed by atoms with Crippen LogP contribution in [0.1, 0.15) is 30.9 Å². The van der Waals surface area contributed by atoms with E-state index in [4.69, 9.17) is 11.6 Å². The number of amides is 1. The molecule has 0 radical (unpaired) electrons. The van der Waals surface area contributed by atoms with Gasteiger partial charge in [0.1, 0.15) is 0 Å². The Morgan fingerprint density at radius 1 is 1.39 bits per heavy atom. The number of carbonyl (C=O) groups excluding carboxylic acids is 1. The molecule has 0 saturated heterocycles. The third-order valence-electron chi connectivity index (χ3n) is 2.94. The lowest BCUT2D eigenvalue weighted by Crippen LogP contribution is -2.34. The Labute approximate surface area is 110 Å². The minimum Gasteiger partial charge on any atom is -0.479 e. The lowest BCUT2D eigenvalue weighted by Gasteiger charge is -2.16. The van der Waals surface area contributed by atoms with Crippen LogP contribution in [0, 0.1) is 5.92 Å². The molecular weight excluding hydrogens is 254 g/mol. The number of halogens is 1. The van der Waals surface area contributed by atoms with Crippen molar-refractivity contribution in [1.29, 1.82) is 0 Å². The van der Waals surface area contributed by atoms with Crippen molar-refractivity contribution in [2.75, 3.05) is 0 Å². The number of aliphatic carboxylic acids is 1. The third-order valence-corrected chi connectivity index (χ3v) is 3.28. The molecule has 1 aliphatic carbocycles. The van der Waals surface area contributed by atoms with E-state index in [0.29, 0.717) is 22.9 Å². The minimum atomic E-state index is -1.10. The van der Waals surface area contributed by atoms with Gasteiger partial charge in [-0.25, -0.2) is 4.79 Å². The molecule has 0 bridgehead atoms. The van der Waals surface area contributed by atoms with Crippen LogP contribution < -0.4 is 5.32 Å². The minimum absolute atomic E-state index is 0.232. The molecule has 4 nitrogen and oxygen atoms in total. The monoisotopic (exact) mass is 267 g/mol. The van der Waals surface area contributed by atoms with Crippen molar-refractivity contribution < 1.29 is 14.7 Å². The van der Waals surface area contributed by atoms with E-state index in [0.717, 1.165) is 12.8 Å². The second-order valence-corrected chi connectivity index (χ2v) is 4.91. The van der Waals surface area contributed by atoms with E-state index >= 15 is 0 Å². The summed E-state index contributed by atoms with van der Waals surface area (Å²) in [6.45, 7) is 0. The van der Waals surface area contributed by atoms with E-state index in [2.05, 4.69) is 5.32 Å². The van der Waals surface area contributed by atoms with Crippen LogP contribution in [-0.4, -0.2) is 17.0 Å². The molecule has 0 aromatic heterocycles. The Morgan fingerprint density at radius 3 is 2.61 bits per heavy atom. The number of hydrogen-bond acceptors (Lipinski definition) is 2. The van der Waals surface area contributed by atoms with Gasteiger partial charge in [0.15, 0.2) is 6.04 Å². The van der Waals surface area contributed by atoms with Crippen LogP contribution in [0.15, 0.2) is 24.3 Å². The first-order valence-electron chi connectivity index (χ1n) is 5.84. The van der Waals surface area contributed by atoms with Crippen LogP contribution in [0.5, 0.6) is 0 Å². The molecule has 0 aliphatic heterocycles. The topological polar surface area (TPSA) is 66.4 Å². The highest BCUT2D eigenvalue weighted by Crippen LogP contribution is 2.32. The Hall–Kier alpha value is -1.55. The highest BCUT2D eigenvalue weighted by Gasteiger charge is 2.28. The fourth-order valence-electron chi connectivity index (χ4n) is 1.79. The highest BCUT2D eigenvalue weighted by atomic mass is 35.5. The summed E-state index contributed by atoms with van der Waals surface area (Å²) in [5.74, 6) is -0.914. The molecule has 18 heavy (non-hydrogen) atoms. The molecule has 1 atom stereocenters. The van der Waals surface area contributed by atoms with Crippen LogP contribution in [0.4, 0.5) is 0 Å². The van der Waals surface area contributed by atoms with Crippen LogP contribution in [-0.2, 0) is 9.59 Å². The van der Waals surface area contributed by atoms with Crippen LogP contribution in [0.2, 0.25) is 5.02 Å². The van der Waals surface area contributed by atoms with Crippen molar-refractivity contribution in [3.8, 4) is 0 Å². The zero-order valence-corrected chi connectivity index (χ0v) is 10.5. The predicted molar refractivity (Wildman–Crippen MR) is 67.3 cm³/mol. The molecule has 96 valence electrons. The number of hydrogen-bond donors (Lipinski definition) is 2. The fourth-order valence-corrected chi connectivity index (χ4v) is 2.03. The van der Waals surface area contributed by atoms with Gasteiger partial charge in [0, 0.05) is 17.0 Å². The molecule has 1 amide bonds. The molecule has 1 aromatic rings. The molecule has 1 aromatic carbocycles. The van der Waals surface area contributed by atoms with Crippen molar-refractivity contribution in [3.63, 3.8) is 0 Å². The summed E-state index contributed by atoms with van der Waals surface area (Å²) in [7, 11) is 0. The second kappa shape index (κ2) is 5.40. The molecule has 2 N–H and O–H groups in total. The van der Waals surface area contributed by atoms with Crippen molar-refractivity contribution >= 4 is 23.5 Å². The molecule has 0 heterocycles. The molecular formula is C13H14ClNO3. The Bertz CT molecular complexity index is 471. The summed E-state index contributed by atoms with van der Waals surface area (Å²) in [4.78, 5) is 22.9. The Balaban J connectivity index is 2.10. The smallest absolute Gasteiger partial charge is 0.330 e. The maximum Gasteiger partial charge on any atom is 0.330 e. The van der Waals surface area contributed by atoms with E-state index in [1.54, 1.807) is 24.3 Å². The van der Waals surface area contributed by atoms with Gasteiger partial charge in [0.2, 0.25) is 5.91 Å². The number of nitrogens with one attached hydrogen (secondary N) is 1. The fraction of sp³-hybridized carbons (Fsp3) is 0.385. The van der Waals surface area contributed by atoms with Gasteiger partial charge < -0.3 is 10.4 Å². The second-order valence-electron chi connectivity index (χ2n) is 4.51. The molecule has 0 spiro atoms. The SMILES string of the molecule is O=C(CC1CC1)N[C@@H](C(=O)O)c1ccccc1Cl. The summed E-state index contributed by atoms with van der Waals surface area (Å²) in [5.41, 5.74) is 0.413. The lowest BCUT2D eigenvalue weighted by atomic mass is 10.1. The van der Waals surface area contributed by atoms with Crippen molar-refractivity contribution in [3.05, 3.63) is 34.9 Å². The van der Waals surface area contributed by atoms with E-state index in [1.165, 1.54) is 0 Å². The number of carboxylic acid groups (broad SMARTS) is 1. The Kier molecular flexibility index (Phi) is 3.87. The third kappa shape index (κ3) is 3.23. The molecule has 1 fully saturated rings. The maximum absolute atomic E-state index is 11.7. The summed E-state index contributed by atoms with van der Waals surface area (Å²) >= 11 is 5.95. The van der Waals surface area contributed by atoms with Gasteiger partial charge in [-0.1, -0.05) is 29.8 Å². The summed E-state index contributed by atoms with van der Waals surface area (Å²) in [6.07, 6.45) is 2.50. The van der Waals surface area contributed by atoms with Gasteiger partial charge >= 0.3 is 5.97 Å². The number of carboxylic acids is 1. The van der Waals surface area contributed by atoms with Crippen molar-refractivity contribution in [2.24, 2.45) is 5.92 Å². The zero-order chi connectivity index (χ0) is 13.1. The van der Waals surface area contributed by atoms with Gasteiger partial charge in [0.05, 0.1) is 0 Å². The van der Waals surface area contributed by atoms with E-state index < -0.39 is 12.0 Å². The van der Waals surface area contributed by atoms with Gasteiger partial charge in [-0.3, -0.25) is 4.79 Å². The average molecular weight is 268 g/mol. The van der Waals surface area contributed by atoms with Crippen LogP contribution >= 0.6 is 11.6 Å². The normalized spacial score (nSPS) is 16.1. The number of rotatable bonds is 5. The standard InChI is InChI=1S/C13H14ClNO3/c14-10-4-2-1-3-9(10)12(13(17)18)15-11(16)7-8-5-6-8/h1-4,8,12H,5-7H2,(H,15,16)(H,17,18)/t12-/m1/s1. The van der Waals surface area contributed by atoms with Gasteiger partial charge in [-0.2, -0.15) is 0 Å². The molecule has 2 rings (SSSR count). The molecule has 1 saturated carbocycles. The van der Waals surface area contributed by atoms with Crippen LogP contribution in [0.25, 0.3) is 0 Å². The van der Waals surface area contributed by atoms with Gasteiger partial charge in [-0.15, -0.1) is 0 Å². The number of benzene rings is 1. The van der Waals surface area contributed by atoms with Gasteiger partial charge in [0.25, 0.3) is 0 Å². The van der Waals surface area contributed by atoms with Crippen molar-refractivity contribution in [2.45, 2.75) is 25.3 Å². The first-order valence-corrected chi connectivity index (χ1v) is 6.22. The molecule has 1 aliphatic rings. The first-order chi connectivity index (χ1) is 8.58. The highest BCUT2D eigenvalue weighted by molar-refractivity contribution is 6.31. The van der Waals surface area contributed by atoms with E-state index in [-0.39, 0.29) is 5.91 Å². The predicted octanol–water partition coefficient (Wildman–Crippen LogP) is 2.38. The van der Waals surface area contributed by atoms with E-state index in [1.807, 2.05) is 0 Å². The number of carbonyl (C=O) groups is 2.